The predicted molar refractivity (Wildman–Crippen MR) is 92.8 cm³/mol. The highest BCUT2D eigenvalue weighted by atomic mass is 16.6. The monoisotopic (exact) mass is 347 g/mol. The van der Waals surface area contributed by atoms with Crippen LogP contribution in [0.15, 0.2) is 12.3 Å². The topological polar surface area (TPSA) is 82.0 Å². The van der Waals surface area contributed by atoms with Gasteiger partial charge in [0.05, 0.1) is 19.2 Å². The van der Waals surface area contributed by atoms with E-state index in [9.17, 15) is 9.90 Å². The van der Waals surface area contributed by atoms with Crippen molar-refractivity contribution in [2.24, 2.45) is 0 Å². The zero-order valence-electron chi connectivity index (χ0n) is 14.6. The number of likely N-dealkylation sites (N-methyl/N-ethyl adjacent to an activating group) is 1. The van der Waals surface area contributed by atoms with Crippen molar-refractivity contribution >= 4 is 17.9 Å². The largest absolute Gasteiger partial charge is 0.439 e. The maximum absolute atomic E-state index is 11.8. The second-order valence-corrected chi connectivity index (χ2v) is 7.37. The quantitative estimate of drug-likeness (QED) is 0.849. The van der Waals surface area contributed by atoms with Crippen LogP contribution in [0.5, 0.6) is 0 Å². The lowest BCUT2D eigenvalue weighted by Gasteiger charge is -2.38. The van der Waals surface area contributed by atoms with Crippen LogP contribution in [0.3, 0.4) is 0 Å². The van der Waals surface area contributed by atoms with E-state index in [4.69, 9.17) is 9.72 Å². The lowest BCUT2D eigenvalue weighted by atomic mass is 9.93. The molecule has 25 heavy (non-hydrogen) atoms. The number of piperidine rings is 2. The highest BCUT2D eigenvalue weighted by Gasteiger charge is 2.47. The van der Waals surface area contributed by atoms with Gasteiger partial charge < -0.3 is 24.5 Å². The first-order valence-electron chi connectivity index (χ1n) is 9.00. The molecule has 1 aromatic heterocycles. The van der Waals surface area contributed by atoms with E-state index in [1.807, 2.05) is 6.07 Å². The summed E-state index contributed by atoms with van der Waals surface area (Å²) in [5.74, 6) is 1.59. The fourth-order valence-corrected chi connectivity index (χ4v) is 4.04. The lowest BCUT2D eigenvalue weighted by Crippen LogP contribution is -2.51. The van der Waals surface area contributed by atoms with Crippen molar-refractivity contribution in [3.05, 3.63) is 12.3 Å². The van der Waals surface area contributed by atoms with Crippen molar-refractivity contribution in [3.8, 4) is 0 Å². The fraction of sp³-hybridized carbons (Fsp3) is 0.706. The molecule has 0 radical (unpaired) electrons. The number of amides is 1. The molecule has 1 aromatic rings. The molecule has 136 valence electrons. The molecule has 3 fully saturated rings. The summed E-state index contributed by atoms with van der Waals surface area (Å²) >= 11 is 0. The zero-order valence-corrected chi connectivity index (χ0v) is 14.6. The zero-order chi connectivity index (χ0) is 17.4. The number of anilines is 2. The molecule has 0 aliphatic carbocycles. The molecule has 3 aliphatic rings. The summed E-state index contributed by atoms with van der Waals surface area (Å²) in [4.78, 5) is 27.0. The third kappa shape index (κ3) is 3.22. The van der Waals surface area contributed by atoms with E-state index >= 15 is 0 Å². The number of carbonyl (C=O) groups is 1. The van der Waals surface area contributed by atoms with Gasteiger partial charge in [-0.1, -0.05) is 0 Å². The van der Waals surface area contributed by atoms with Gasteiger partial charge in [-0.25, -0.2) is 9.78 Å². The SMILES string of the molecule is CN1C[C@@]2(CCCN(c3nccc(N4CCC(O)CC4)n3)C2)OC1=O. The van der Waals surface area contributed by atoms with E-state index in [1.54, 1.807) is 18.1 Å². The molecule has 0 bridgehead atoms. The van der Waals surface area contributed by atoms with E-state index < -0.39 is 5.60 Å². The van der Waals surface area contributed by atoms with E-state index in [-0.39, 0.29) is 12.2 Å². The van der Waals surface area contributed by atoms with Crippen LogP contribution in [0.4, 0.5) is 16.6 Å². The predicted octanol–water partition coefficient (Wildman–Crippen LogP) is 0.859. The molecule has 4 rings (SSSR count). The van der Waals surface area contributed by atoms with Crippen LogP contribution in [0, 0.1) is 0 Å². The normalized spacial score (nSPS) is 27.9. The van der Waals surface area contributed by atoms with Crippen molar-refractivity contribution in [1.82, 2.24) is 14.9 Å². The van der Waals surface area contributed by atoms with Gasteiger partial charge in [-0.15, -0.1) is 0 Å². The number of nitrogens with zero attached hydrogens (tertiary/aromatic N) is 5. The molecular formula is C17H25N5O3. The number of carbonyl (C=O) groups excluding carboxylic acids is 1. The van der Waals surface area contributed by atoms with Gasteiger partial charge >= 0.3 is 6.09 Å². The van der Waals surface area contributed by atoms with Crippen molar-refractivity contribution in [2.75, 3.05) is 49.6 Å². The number of aromatic nitrogens is 2. The Morgan fingerprint density at radius 2 is 2.04 bits per heavy atom. The molecule has 3 saturated heterocycles. The molecule has 0 aromatic carbocycles. The Labute approximate surface area is 147 Å². The summed E-state index contributed by atoms with van der Waals surface area (Å²) in [6, 6.07) is 1.92. The van der Waals surface area contributed by atoms with Gasteiger partial charge in [0, 0.05) is 32.9 Å². The minimum Gasteiger partial charge on any atom is -0.439 e. The van der Waals surface area contributed by atoms with Crippen LogP contribution in [-0.4, -0.2) is 77.5 Å². The van der Waals surface area contributed by atoms with Crippen LogP contribution in [0.25, 0.3) is 0 Å². The molecule has 1 amide bonds. The fourth-order valence-electron chi connectivity index (χ4n) is 4.04. The standard InChI is InChI=1S/C17H25N5O3/c1-20-11-17(25-16(20)24)6-2-8-22(12-17)15-18-7-3-14(19-15)21-9-4-13(23)5-10-21/h3,7,13,23H,2,4-6,8-12H2,1H3/t17-/m1/s1. The molecule has 1 spiro atoms. The van der Waals surface area contributed by atoms with Crippen LogP contribution >= 0.6 is 0 Å². The summed E-state index contributed by atoms with van der Waals surface area (Å²) in [6.45, 7) is 3.73. The lowest BCUT2D eigenvalue weighted by molar-refractivity contribution is 0.0443. The van der Waals surface area contributed by atoms with E-state index in [0.29, 0.717) is 19.0 Å². The molecule has 4 heterocycles. The van der Waals surface area contributed by atoms with Crippen molar-refractivity contribution in [2.45, 2.75) is 37.4 Å². The number of hydrogen-bond acceptors (Lipinski definition) is 7. The van der Waals surface area contributed by atoms with Gasteiger partial charge in [0.25, 0.3) is 0 Å². The summed E-state index contributed by atoms with van der Waals surface area (Å²) in [5.41, 5.74) is -0.446. The first kappa shape index (κ1) is 16.4. The average Bonchev–Trinajstić information content (AvgIpc) is 2.89. The van der Waals surface area contributed by atoms with E-state index in [0.717, 1.165) is 51.1 Å². The minimum absolute atomic E-state index is 0.200. The molecule has 0 saturated carbocycles. The number of rotatable bonds is 2. The van der Waals surface area contributed by atoms with Crippen LogP contribution in [0.2, 0.25) is 0 Å². The number of aliphatic hydroxyl groups is 1. The first-order chi connectivity index (χ1) is 12.0. The van der Waals surface area contributed by atoms with Gasteiger partial charge in [-0.05, 0) is 31.7 Å². The molecular weight excluding hydrogens is 322 g/mol. The number of ether oxygens (including phenoxy) is 1. The summed E-state index contributed by atoms with van der Waals surface area (Å²) in [5, 5.41) is 9.68. The summed E-state index contributed by atoms with van der Waals surface area (Å²) in [6.07, 6.45) is 4.71. The van der Waals surface area contributed by atoms with Crippen LogP contribution in [0.1, 0.15) is 25.7 Å². The maximum Gasteiger partial charge on any atom is 0.410 e. The Morgan fingerprint density at radius 3 is 2.76 bits per heavy atom. The highest BCUT2D eigenvalue weighted by Crippen LogP contribution is 2.33. The van der Waals surface area contributed by atoms with Gasteiger partial charge in [-0.3, -0.25) is 0 Å². The summed E-state index contributed by atoms with van der Waals surface area (Å²) < 4.78 is 5.66. The first-order valence-corrected chi connectivity index (χ1v) is 9.00. The smallest absolute Gasteiger partial charge is 0.410 e. The third-order valence-electron chi connectivity index (χ3n) is 5.38. The van der Waals surface area contributed by atoms with Crippen LogP contribution < -0.4 is 9.80 Å². The van der Waals surface area contributed by atoms with Gasteiger partial charge in [0.1, 0.15) is 11.4 Å². The second-order valence-electron chi connectivity index (χ2n) is 7.37. The Bertz CT molecular complexity index is 649. The third-order valence-corrected chi connectivity index (χ3v) is 5.38. The Hall–Kier alpha value is -2.09. The molecule has 0 unspecified atom stereocenters. The van der Waals surface area contributed by atoms with Gasteiger partial charge in [-0.2, -0.15) is 4.98 Å². The molecule has 1 atom stereocenters. The number of hydrogen-bond donors (Lipinski definition) is 1. The molecule has 1 N–H and O–H groups in total. The van der Waals surface area contributed by atoms with Crippen molar-refractivity contribution in [1.29, 1.82) is 0 Å². The minimum atomic E-state index is -0.446. The van der Waals surface area contributed by atoms with E-state index in [1.165, 1.54) is 0 Å². The van der Waals surface area contributed by atoms with Crippen LogP contribution in [-0.2, 0) is 4.74 Å². The Balaban J connectivity index is 1.50. The van der Waals surface area contributed by atoms with Gasteiger partial charge in [0.15, 0.2) is 0 Å². The Kier molecular flexibility index (Phi) is 4.15. The van der Waals surface area contributed by atoms with Crippen molar-refractivity contribution in [3.63, 3.8) is 0 Å². The molecule has 8 heteroatoms. The Morgan fingerprint density at radius 1 is 1.24 bits per heavy atom. The highest BCUT2D eigenvalue weighted by molar-refractivity contribution is 5.70. The second kappa shape index (κ2) is 6.33. The van der Waals surface area contributed by atoms with E-state index in [2.05, 4.69) is 14.8 Å². The van der Waals surface area contributed by atoms with Gasteiger partial charge in [0.2, 0.25) is 5.95 Å². The van der Waals surface area contributed by atoms with Crippen molar-refractivity contribution < 1.29 is 14.6 Å². The number of aliphatic hydroxyl groups excluding tert-OH is 1. The summed E-state index contributed by atoms with van der Waals surface area (Å²) in [7, 11) is 1.78. The molecule has 3 aliphatic heterocycles. The average molecular weight is 347 g/mol. The maximum atomic E-state index is 11.8. The molecule has 8 nitrogen and oxygen atoms in total.